The molecule has 104 valence electrons. The normalized spacial score (nSPS) is 10.3. The maximum Gasteiger partial charge on any atom is 0.252 e. The molecular formula is C16H14Cl2O2. The van der Waals surface area contributed by atoms with Gasteiger partial charge in [0.1, 0.15) is 5.75 Å². The molecule has 0 saturated carbocycles. The van der Waals surface area contributed by atoms with Crippen LogP contribution < -0.4 is 4.74 Å². The van der Waals surface area contributed by atoms with Crippen LogP contribution in [-0.2, 0) is 0 Å². The molecule has 0 aliphatic heterocycles. The van der Waals surface area contributed by atoms with Crippen LogP contribution in [0.5, 0.6) is 5.75 Å². The number of ether oxygens (including phenoxy) is 1. The van der Waals surface area contributed by atoms with E-state index in [1.165, 1.54) is 0 Å². The third-order valence-corrected chi connectivity index (χ3v) is 3.33. The molecule has 2 nitrogen and oxygen atoms in total. The van der Waals surface area contributed by atoms with Crippen molar-refractivity contribution in [3.05, 3.63) is 54.1 Å². The molecule has 4 heteroatoms. The van der Waals surface area contributed by atoms with Gasteiger partial charge in [-0.25, -0.2) is 0 Å². The number of carbonyl (C=O) groups excluding carboxylic acids is 1. The molecule has 0 aliphatic rings. The monoisotopic (exact) mass is 308 g/mol. The van der Waals surface area contributed by atoms with Crippen molar-refractivity contribution in [3.63, 3.8) is 0 Å². The molecule has 0 bridgehead atoms. The Balaban J connectivity index is 2.07. The van der Waals surface area contributed by atoms with E-state index in [0.29, 0.717) is 18.1 Å². The zero-order valence-corrected chi connectivity index (χ0v) is 12.3. The van der Waals surface area contributed by atoms with E-state index in [9.17, 15) is 4.79 Å². The standard InChI is InChI=1S/C16H14Cl2O2/c17-10-1-11-20-15-8-6-13(7-9-15)12-2-4-14(5-3-12)16(18)19/h2-9H,1,10-11H2. The maximum atomic E-state index is 11.0. The molecular weight excluding hydrogens is 295 g/mol. The Hall–Kier alpha value is -1.51. The summed E-state index contributed by atoms with van der Waals surface area (Å²) in [6, 6.07) is 15.0. The summed E-state index contributed by atoms with van der Waals surface area (Å²) in [5.74, 6) is 1.43. The van der Waals surface area contributed by atoms with E-state index < -0.39 is 5.24 Å². The minimum Gasteiger partial charge on any atom is -0.494 e. The van der Waals surface area contributed by atoms with Crippen molar-refractivity contribution in [1.82, 2.24) is 0 Å². The van der Waals surface area contributed by atoms with E-state index in [2.05, 4.69) is 0 Å². The molecule has 0 saturated heterocycles. The van der Waals surface area contributed by atoms with E-state index in [4.69, 9.17) is 27.9 Å². The van der Waals surface area contributed by atoms with Gasteiger partial charge in [-0.3, -0.25) is 4.79 Å². The average Bonchev–Trinajstić information content (AvgIpc) is 2.48. The van der Waals surface area contributed by atoms with Gasteiger partial charge in [-0.15, -0.1) is 11.6 Å². The van der Waals surface area contributed by atoms with Crippen LogP contribution >= 0.6 is 23.2 Å². The zero-order valence-electron chi connectivity index (χ0n) is 10.8. The fraction of sp³-hybridized carbons (Fsp3) is 0.188. The molecule has 0 heterocycles. The lowest BCUT2D eigenvalue weighted by molar-refractivity contribution is 0.108. The van der Waals surface area contributed by atoms with Crippen molar-refractivity contribution >= 4 is 28.4 Å². The molecule has 0 atom stereocenters. The van der Waals surface area contributed by atoms with Crippen LogP contribution in [0.1, 0.15) is 16.8 Å². The van der Waals surface area contributed by atoms with Crippen LogP contribution in [0.15, 0.2) is 48.5 Å². The van der Waals surface area contributed by atoms with Gasteiger partial charge in [-0.1, -0.05) is 24.3 Å². The molecule has 0 amide bonds. The largest absolute Gasteiger partial charge is 0.494 e. The highest BCUT2D eigenvalue weighted by Gasteiger charge is 2.03. The summed E-state index contributed by atoms with van der Waals surface area (Å²) in [6.45, 7) is 0.620. The SMILES string of the molecule is O=C(Cl)c1ccc(-c2ccc(OCCCCl)cc2)cc1. The smallest absolute Gasteiger partial charge is 0.252 e. The first-order valence-electron chi connectivity index (χ1n) is 6.30. The number of benzene rings is 2. The lowest BCUT2D eigenvalue weighted by atomic mass is 10.0. The van der Waals surface area contributed by atoms with E-state index in [1.54, 1.807) is 12.1 Å². The second-order valence-corrected chi connectivity index (χ2v) is 4.99. The van der Waals surface area contributed by atoms with Gasteiger partial charge < -0.3 is 4.74 Å². The third kappa shape index (κ3) is 3.99. The Bertz CT molecular complexity index is 562. The second-order valence-electron chi connectivity index (χ2n) is 4.27. The molecule has 2 rings (SSSR count). The average molecular weight is 309 g/mol. The number of rotatable bonds is 6. The van der Waals surface area contributed by atoms with Crippen molar-refractivity contribution in [2.45, 2.75) is 6.42 Å². The first-order valence-corrected chi connectivity index (χ1v) is 7.21. The Kier molecular flexibility index (Phi) is 5.45. The summed E-state index contributed by atoms with van der Waals surface area (Å²) in [5.41, 5.74) is 2.58. The molecule has 0 N–H and O–H groups in total. The Morgan fingerprint density at radius 1 is 0.950 bits per heavy atom. The third-order valence-electron chi connectivity index (χ3n) is 2.85. The molecule has 0 aromatic heterocycles. The predicted molar refractivity (Wildman–Crippen MR) is 82.9 cm³/mol. The van der Waals surface area contributed by atoms with Gasteiger partial charge in [-0.05, 0) is 53.4 Å². The summed E-state index contributed by atoms with van der Waals surface area (Å²) in [7, 11) is 0. The van der Waals surface area contributed by atoms with Crippen molar-refractivity contribution in [2.24, 2.45) is 0 Å². The maximum absolute atomic E-state index is 11.0. The number of alkyl halides is 1. The lowest BCUT2D eigenvalue weighted by Crippen LogP contribution is -1.97. The fourth-order valence-electron chi connectivity index (χ4n) is 1.78. The molecule has 0 spiro atoms. The Morgan fingerprint density at radius 2 is 1.50 bits per heavy atom. The molecule has 20 heavy (non-hydrogen) atoms. The molecule has 0 fully saturated rings. The highest BCUT2D eigenvalue weighted by atomic mass is 35.5. The summed E-state index contributed by atoms with van der Waals surface area (Å²) < 4.78 is 5.54. The van der Waals surface area contributed by atoms with Gasteiger partial charge in [0.25, 0.3) is 5.24 Å². The minimum atomic E-state index is -0.445. The number of halogens is 2. The first kappa shape index (κ1) is 14.9. The van der Waals surface area contributed by atoms with Crippen molar-refractivity contribution in [1.29, 1.82) is 0 Å². The minimum absolute atomic E-state index is 0.445. The topological polar surface area (TPSA) is 26.3 Å². The first-order chi connectivity index (χ1) is 9.70. The zero-order chi connectivity index (χ0) is 14.4. The predicted octanol–water partition coefficient (Wildman–Crippen LogP) is 4.74. The van der Waals surface area contributed by atoms with Crippen LogP contribution in [0.3, 0.4) is 0 Å². The Morgan fingerprint density at radius 3 is 2.00 bits per heavy atom. The number of hydrogen-bond donors (Lipinski definition) is 0. The molecule has 2 aromatic carbocycles. The fourth-order valence-corrected chi connectivity index (χ4v) is 2.02. The van der Waals surface area contributed by atoms with Crippen LogP contribution in [0.4, 0.5) is 0 Å². The summed E-state index contributed by atoms with van der Waals surface area (Å²) in [6.07, 6.45) is 0.831. The van der Waals surface area contributed by atoms with Crippen LogP contribution in [0, 0.1) is 0 Å². The van der Waals surface area contributed by atoms with Crippen molar-refractivity contribution in [3.8, 4) is 16.9 Å². The van der Waals surface area contributed by atoms with Crippen LogP contribution in [-0.4, -0.2) is 17.7 Å². The van der Waals surface area contributed by atoms with Gasteiger partial charge in [0.05, 0.1) is 6.61 Å². The number of hydrogen-bond acceptors (Lipinski definition) is 2. The Labute approximate surface area is 128 Å². The van der Waals surface area contributed by atoms with Gasteiger partial charge >= 0.3 is 0 Å². The summed E-state index contributed by atoms with van der Waals surface area (Å²) in [5, 5.41) is -0.445. The van der Waals surface area contributed by atoms with Crippen molar-refractivity contribution < 1.29 is 9.53 Å². The van der Waals surface area contributed by atoms with E-state index in [1.807, 2.05) is 36.4 Å². The van der Waals surface area contributed by atoms with E-state index in [-0.39, 0.29) is 0 Å². The quantitative estimate of drug-likeness (QED) is 0.437. The van der Waals surface area contributed by atoms with Crippen LogP contribution in [0.2, 0.25) is 0 Å². The highest BCUT2D eigenvalue weighted by Crippen LogP contribution is 2.23. The van der Waals surface area contributed by atoms with Gasteiger partial charge in [0.2, 0.25) is 0 Å². The van der Waals surface area contributed by atoms with E-state index in [0.717, 1.165) is 23.3 Å². The summed E-state index contributed by atoms with van der Waals surface area (Å²) >= 11 is 11.0. The van der Waals surface area contributed by atoms with E-state index >= 15 is 0 Å². The molecule has 0 unspecified atom stereocenters. The molecule has 2 aromatic rings. The number of carbonyl (C=O) groups is 1. The van der Waals surface area contributed by atoms with Gasteiger partial charge in [-0.2, -0.15) is 0 Å². The van der Waals surface area contributed by atoms with Crippen LogP contribution in [0.25, 0.3) is 11.1 Å². The highest BCUT2D eigenvalue weighted by molar-refractivity contribution is 6.67. The molecule has 0 aliphatic carbocycles. The van der Waals surface area contributed by atoms with Crippen molar-refractivity contribution in [2.75, 3.05) is 12.5 Å². The summed E-state index contributed by atoms with van der Waals surface area (Å²) in [4.78, 5) is 11.0. The molecule has 0 radical (unpaired) electrons. The van der Waals surface area contributed by atoms with Gasteiger partial charge in [0, 0.05) is 11.4 Å². The lowest BCUT2D eigenvalue weighted by Gasteiger charge is -2.07. The second kappa shape index (κ2) is 7.32. The van der Waals surface area contributed by atoms with Gasteiger partial charge in [0.15, 0.2) is 0 Å².